The summed E-state index contributed by atoms with van der Waals surface area (Å²) < 4.78 is 23.5. The minimum absolute atomic E-state index is 0.0994. The number of aliphatic hydroxyl groups excluding tert-OH is 1. The van der Waals surface area contributed by atoms with Crippen LogP contribution < -0.4 is 10.1 Å². The molecule has 1 fully saturated rings. The summed E-state index contributed by atoms with van der Waals surface area (Å²) in [6.45, 7) is 0.615. The van der Waals surface area contributed by atoms with E-state index in [4.69, 9.17) is 9.26 Å². The fourth-order valence-corrected chi connectivity index (χ4v) is 2.08. The van der Waals surface area contributed by atoms with E-state index in [1.807, 2.05) is 0 Å². The Morgan fingerprint density at radius 2 is 2.40 bits per heavy atom. The Hall–Kier alpha value is -1.99. The number of aliphatic hydroxyl groups is 1. The Labute approximate surface area is 114 Å². The Bertz CT molecular complexity index is 590. The van der Waals surface area contributed by atoms with Gasteiger partial charge in [-0.15, -0.1) is 0 Å². The molecule has 1 aliphatic rings. The molecule has 1 aromatic carbocycles. The number of aromatic nitrogens is 2. The Kier molecular flexibility index (Phi) is 3.62. The summed E-state index contributed by atoms with van der Waals surface area (Å²) >= 11 is 0. The normalized spacial score (nSPS) is 22.1. The number of halogens is 1. The fraction of sp³-hybridized carbons (Fsp3) is 0.385. The Morgan fingerprint density at radius 1 is 1.50 bits per heavy atom. The highest BCUT2D eigenvalue weighted by molar-refractivity contribution is 5.22. The van der Waals surface area contributed by atoms with Crippen LogP contribution in [0.4, 0.5) is 4.39 Å². The van der Waals surface area contributed by atoms with Crippen molar-refractivity contribution in [2.45, 2.75) is 25.2 Å². The van der Waals surface area contributed by atoms with Gasteiger partial charge in [-0.3, -0.25) is 0 Å². The molecule has 3 rings (SSSR count). The molecule has 20 heavy (non-hydrogen) atoms. The van der Waals surface area contributed by atoms with Crippen LogP contribution in [0.2, 0.25) is 0 Å². The third kappa shape index (κ3) is 2.94. The summed E-state index contributed by atoms with van der Waals surface area (Å²) in [6, 6.07) is 5.72. The summed E-state index contributed by atoms with van der Waals surface area (Å²) in [4.78, 5) is 4.19. The number of rotatable bonds is 4. The van der Waals surface area contributed by atoms with E-state index < -0.39 is 0 Å². The Morgan fingerprint density at radius 3 is 3.15 bits per heavy atom. The highest BCUT2D eigenvalue weighted by Gasteiger charge is 2.28. The number of hydrogen-bond donors (Lipinski definition) is 2. The minimum atomic E-state index is -0.390. The zero-order valence-corrected chi connectivity index (χ0v) is 10.6. The van der Waals surface area contributed by atoms with Crippen LogP contribution in [0.5, 0.6) is 5.75 Å². The molecular weight excluding hydrogens is 265 g/mol. The van der Waals surface area contributed by atoms with Gasteiger partial charge in [-0.2, -0.15) is 4.98 Å². The number of benzene rings is 1. The lowest BCUT2D eigenvalue weighted by Gasteiger charge is -2.03. The molecule has 106 valence electrons. The molecule has 1 saturated heterocycles. The largest absolute Gasteiger partial charge is 0.485 e. The van der Waals surface area contributed by atoms with Crippen molar-refractivity contribution in [2.75, 3.05) is 6.54 Å². The van der Waals surface area contributed by atoms with Gasteiger partial charge >= 0.3 is 0 Å². The molecule has 1 aromatic heterocycles. The maximum Gasteiger partial charge on any atom is 0.244 e. The molecular formula is C13H14FN3O3. The van der Waals surface area contributed by atoms with Gasteiger partial charge in [-0.1, -0.05) is 11.2 Å². The first-order chi connectivity index (χ1) is 9.70. The maximum atomic E-state index is 13.0. The molecule has 2 atom stereocenters. The molecule has 1 aliphatic heterocycles. The number of hydrogen-bond acceptors (Lipinski definition) is 6. The van der Waals surface area contributed by atoms with E-state index in [9.17, 15) is 9.50 Å². The molecule has 0 aliphatic carbocycles. The van der Waals surface area contributed by atoms with Gasteiger partial charge in [0.05, 0.1) is 12.1 Å². The van der Waals surface area contributed by atoms with E-state index >= 15 is 0 Å². The topological polar surface area (TPSA) is 80.4 Å². The molecule has 0 radical (unpaired) electrons. The second kappa shape index (κ2) is 5.56. The van der Waals surface area contributed by atoms with Gasteiger partial charge in [0, 0.05) is 12.6 Å². The van der Waals surface area contributed by atoms with Crippen LogP contribution in [0.25, 0.3) is 0 Å². The zero-order valence-electron chi connectivity index (χ0n) is 10.6. The number of β-amino-alcohol motifs (C(OH)–C–C–N with tert-alkyl or cyclic N) is 1. The van der Waals surface area contributed by atoms with Crippen molar-refractivity contribution in [2.24, 2.45) is 0 Å². The molecule has 2 N–H and O–H groups in total. The number of nitrogens with one attached hydrogen (secondary N) is 1. The lowest BCUT2D eigenvalue weighted by molar-refractivity contribution is 0.191. The molecule has 2 aromatic rings. The molecule has 0 amide bonds. The van der Waals surface area contributed by atoms with Gasteiger partial charge in [0.1, 0.15) is 11.6 Å². The molecule has 7 heteroatoms. The van der Waals surface area contributed by atoms with E-state index in [0.29, 0.717) is 30.4 Å². The van der Waals surface area contributed by atoms with Gasteiger partial charge in [0.2, 0.25) is 11.7 Å². The van der Waals surface area contributed by atoms with Crippen molar-refractivity contribution in [1.29, 1.82) is 0 Å². The predicted molar refractivity (Wildman–Crippen MR) is 66.4 cm³/mol. The third-order valence-electron chi connectivity index (χ3n) is 3.05. The quantitative estimate of drug-likeness (QED) is 0.875. The van der Waals surface area contributed by atoms with Crippen LogP contribution in [0, 0.1) is 5.82 Å². The van der Waals surface area contributed by atoms with E-state index in [0.717, 1.165) is 0 Å². The van der Waals surface area contributed by atoms with Crippen LogP contribution in [0.3, 0.4) is 0 Å². The Balaban J connectivity index is 1.60. The van der Waals surface area contributed by atoms with Gasteiger partial charge in [-0.25, -0.2) is 4.39 Å². The first-order valence-corrected chi connectivity index (χ1v) is 6.33. The molecule has 0 spiro atoms. The number of nitrogens with zero attached hydrogens (tertiary/aromatic N) is 2. The van der Waals surface area contributed by atoms with Crippen molar-refractivity contribution >= 4 is 0 Å². The van der Waals surface area contributed by atoms with Crippen molar-refractivity contribution in [1.82, 2.24) is 15.5 Å². The van der Waals surface area contributed by atoms with E-state index in [1.165, 1.54) is 12.1 Å². The van der Waals surface area contributed by atoms with Crippen LogP contribution in [-0.2, 0) is 6.61 Å². The van der Waals surface area contributed by atoms with Gasteiger partial charge in [-0.05, 0) is 18.6 Å². The summed E-state index contributed by atoms with van der Waals surface area (Å²) in [6.07, 6.45) is 0.158. The van der Waals surface area contributed by atoms with E-state index in [1.54, 1.807) is 12.1 Å². The van der Waals surface area contributed by atoms with Gasteiger partial charge in [0.25, 0.3) is 0 Å². The molecule has 0 bridgehead atoms. The molecule has 2 heterocycles. The molecule has 0 saturated carbocycles. The SMILES string of the molecule is O[C@H]1CN[C@@H](c2nc(COc3cccc(F)c3)no2)C1. The van der Waals surface area contributed by atoms with Crippen molar-refractivity contribution < 1.29 is 18.8 Å². The third-order valence-corrected chi connectivity index (χ3v) is 3.05. The maximum absolute atomic E-state index is 13.0. The van der Waals surface area contributed by atoms with Crippen molar-refractivity contribution in [3.05, 3.63) is 41.8 Å². The van der Waals surface area contributed by atoms with Crippen molar-refractivity contribution in [3.8, 4) is 5.75 Å². The van der Waals surface area contributed by atoms with Crippen LogP contribution in [0.15, 0.2) is 28.8 Å². The molecule has 0 unspecified atom stereocenters. The second-order valence-corrected chi connectivity index (χ2v) is 4.65. The smallest absolute Gasteiger partial charge is 0.244 e. The predicted octanol–water partition coefficient (Wildman–Crippen LogP) is 1.18. The van der Waals surface area contributed by atoms with Crippen LogP contribution >= 0.6 is 0 Å². The zero-order chi connectivity index (χ0) is 13.9. The lowest BCUT2D eigenvalue weighted by Crippen LogP contribution is -2.15. The summed E-state index contributed by atoms with van der Waals surface area (Å²) in [5, 5.41) is 16.3. The van der Waals surface area contributed by atoms with Crippen LogP contribution in [0.1, 0.15) is 24.2 Å². The molecule has 6 nitrogen and oxygen atoms in total. The average Bonchev–Trinajstić information content (AvgIpc) is 3.05. The second-order valence-electron chi connectivity index (χ2n) is 4.65. The minimum Gasteiger partial charge on any atom is -0.485 e. The lowest BCUT2D eigenvalue weighted by atomic mass is 10.2. The highest BCUT2D eigenvalue weighted by atomic mass is 19.1. The first kappa shape index (κ1) is 13.0. The highest BCUT2D eigenvalue weighted by Crippen LogP contribution is 2.22. The van der Waals surface area contributed by atoms with E-state index in [2.05, 4.69) is 15.5 Å². The first-order valence-electron chi connectivity index (χ1n) is 6.33. The average molecular weight is 279 g/mol. The fourth-order valence-electron chi connectivity index (χ4n) is 2.08. The summed E-state index contributed by atoms with van der Waals surface area (Å²) in [5.74, 6) is 0.859. The summed E-state index contributed by atoms with van der Waals surface area (Å²) in [7, 11) is 0. The monoisotopic (exact) mass is 279 g/mol. The van der Waals surface area contributed by atoms with Crippen LogP contribution in [-0.4, -0.2) is 27.9 Å². The van der Waals surface area contributed by atoms with Crippen molar-refractivity contribution in [3.63, 3.8) is 0 Å². The standard InChI is InChI=1S/C13H14FN3O3/c14-8-2-1-3-10(4-8)19-7-12-16-13(20-17-12)11-5-9(18)6-15-11/h1-4,9,11,15,18H,5-7H2/t9-,11-/m1/s1. The van der Waals surface area contributed by atoms with E-state index in [-0.39, 0.29) is 24.6 Å². The van der Waals surface area contributed by atoms with Gasteiger partial charge in [0.15, 0.2) is 6.61 Å². The number of ether oxygens (including phenoxy) is 1. The van der Waals surface area contributed by atoms with Gasteiger partial charge < -0.3 is 19.7 Å². The summed E-state index contributed by atoms with van der Waals surface area (Å²) in [5.41, 5.74) is 0.